The van der Waals surface area contributed by atoms with Crippen molar-refractivity contribution >= 4 is 81.1 Å². The van der Waals surface area contributed by atoms with Crippen LogP contribution in [0.3, 0.4) is 0 Å². The van der Waals surface area contributed by atoms with Crippen LogP contribution in [0.25, 0.3) is 0 Å². The molecule has 1 saturated heterocycles. The van der Waals surface area contributed by atoms with Gasteiger partial charge in [0, 0.05) is 94.8 Å². The van der Waals surface area contributed by atoms with Gasteiger partial charge < -0.3 is 65.9 Å². The molecule has 0 atom stereocenters. The minimum absolute atomic E-state index is 0.0449. The van der Waals surface area contributed by atoms with Crippen molar-refractivity contribution in [1.82, 2.24) is 9.80 Å². The predicted octanol–water partition coefficient (Wildman–Crippen LogP) is 14.5. The molecule has 1 fully saturated rings. The minimum atomic E-state index is -0.0923. The van der Waals surface area contributed by atoms with E-state index in [0.717, 1.165) is 114 Å². The Morgan fingerprint density at radius 2 is 0.822 bits per heavy atom. The van der Waals surface area contributed by atoms with E-state index in [9.17, 15) is 43.2 Å². The maximum absolute atomic E-state index is 12.1. The van der Waals surface area contributed by atoms with Crippen LogP contribution in [-0.2, 0) is 94.6 Å². The smallest absolute Gasteiger partial charge is 0.228 e. The molecule has 101 heavy (non-hydrogen) atoms. The van der Waals surface area contributed by atoms with Gasteiger partial charge in [-0.25, -0.2) is 0 Å². The molecule has 0 spiro atoms. The zero-order valence-corrected chi connectivity index (χ0v) is 60.9. The Morgan fingerprint density at radius 1 is 0.436 bits per heavy atom. The Balaban J connectivity index is 0.000000316. The molecular weight excluding hydrogens is 1270 g/mol. The average Bonchev–Trinajstić information content (AvgIpc) is 0.856. The van der Waals surface area contributed by atoms with Crippen LogP contribution in [-0.4, -0.2) is 101 Å². The monoisotopic (exact) mass is 1380 g/mol. The zero-order chi connectivity index (χ0) is 74.3. The molecule has 0 radical (unpaired) electrons. The summed E-state index contributed by atoms with van der Waals surface area (Å²) < 4.78 is 5.46. The minimum Gasteiger partial charge on any atom is -0.494 e. The van der Waals surface area contributed by atoms with Crippen LogP contribution in [0.2, 0.25) is 0 Å². The van der Waals surface area contributed by atoms with E-state index in [2.05, 4.69) is 39.0 Å². The van der Waals surface area contributed by atoms with Crippen molar-refractivity contribution < 1.29 is 47.9 Å². The van der Waals surface area contributed by atoms with Gasteiger partial charge in [-0.2, -0.15) is 0 Å². The molecular formula is C83H108N8O10. The maximum Gasteiger partial charge on any atom is 0.228 e. The zero-order valence-electron chi connectivity index (χ0n) is 60.9. The number of nitrogens with one attached hydrogen (secondary N) is 4. The van der Waals surface area contributed by atoms with Crippen molar-refractivity contribution in [2.75, 3.05) is 54.5 Å². The molecule has 7 aromatic carbocycles. The highest BCUT2D eigenvalue weighted by molar-refractivity contribution is 5.93. The second kappa shape index (κ2) is 49.3. The largest absolute Gasteiger partial charge is 0.494 e. The highest BCUT2D eigenvalue weighted by Gasteiger charge is 2.18. The van der Waals surface area contributed by atoms with Crippen LogP contribution in [0.1, 0.15) is 165 Å². The molecule has 18 nitrogen and oxygen atoms in total. The van der Waals surface area contributed by atoms with Gasteiger partial charge in [0.15, 0.2) is 0 Å². The van der Waals surface area contributed by atoms with Gasteiger partial charge >= 0.3 is 0 Å². The van der Waals surface area contributed by atoms with Crippen molar-refractivity contribution in [1.29, 1.82) is 5.41 Å². The van der Waals surface area contributed by atoms with E-state index in [4.69, 9.17) is 21.6 Å². The third-order valence-electron chi connectivity index (χ3n) is 15.9. The van der Waals surface area contributed by atoms with Crippen LogP contribution >= 0.6 is 0 Å². The van der Waals surface area contributed by atoms with Gasteiger partial charge in [0.05, 0.1) is 18.9 Å². The molecule has 8 N–H and O–H groups in total. The number of hydrogen-bond donors (Lipinski definition) is 6. The third-order valence-corrected chi connectivity index (χ3v) is 15.9. The highest BCUT2D eigenvalue weighted by atomic mass is 16.5. The van der Waals surface area contributed by atoms with Crippen LogP contribution in [0, 0.1) is 5.41 Å². The van der Waals surface area contributed by atoms with Gasteiger partial charge in [-0.15, -0.1) is 0 Å². The third kappa shape index (κ3) is 38.7. The summed E-state index contributed by atoms with van der Waals surface area (Å²) in [6.45, 7) is 19.9. The number of nitrogen functional groups attached to an aromatic ring is 1. The molecule has 0 unspecified atom stereocenters. The molecule has 0 aromatic heterocycles. The number of para-hydroxylation sites is 5. The fraction of sp³-hybridized carbons (Fsp3) is 0.373. The molecule has 0 aliphatic carbocycles. The predicted molar refractivity (Wildman–Crippen MR) is 408 cm³/mol. The van der Waals surface area contributed by atoms with Crippen molar-refractivity contribution in [2.24, 2.45) is 5.73 Å². The number of nitrogens with zero attached hydrogens (tertiary/aromatic N) is 2. The molecule has 4 amide bonds. The van der Waals surface area contributed by atoms with Crippen molar-refractivity contribution in [3.63, 3.8) is 0 Å². The average molecular weight is 1380 g/mol. The second-order valence-corrected chi connectivity index (χ2v) is 25.0. The van der Waals surface area contributed by atoms with Crippen LogP contribution < -0.4 is 32.2 Å². The SMILES string of the molecule is CC(=N)N.CC(=O)CCc1ccccc1N.CC(=O)CCc1ccccc1NC(=O)CCN1CCCCC1.CC(=O)CCc1ccccc1NC(=O)Cc1ccccc1.CC(=O)CCc1ccccc1NC(C)=O.CC(=O)N1CCc2ccccc2C1.CCOc1ccccc1CCC(C)=O. The van der Waals surface area contributed by atoms with Crippen molar-refractivity contribution in [3.8, 4) is 5.75 Å². The van der Waals surface area contributed by atoms with E-state index in [0.29, 0.717) is 70.8 Å². The highest BCUT2D eigenvalue weighted by Crippen LogP contribution is 2.23. The Labute approximate surface area is 599 Å². The number of nitrogens with two attached hydrogens (primary N) is 2. The summed E-state index contributed by atoms with van der Waals surface area (Å²) in [5.41, 5.74) is 22.5. The molecule has 9 rings (SSSR count). The Kier molecular flexibility index (Phi) is 41.5. The van der Waals surface area contributed by atoms with E-state index < -0.39 is 0 Å². The van der Waals surface area contributed by atoms with Crippen LogP contribution in [0.5, 0.6) is 5.75 Å². The lowest BCUT2D eigenvalue weighted by atomic mass is 10.00. The molecule has 7 aromatic rings. The van der Waals surface area contributed by atoms with E-state index in [1.807, 2.05) is 170 Å². The van der Waals surface area contributed by atoms with E-state index in [1.54, 1.807) is 41.5 Å². The molecule has 0 bridgehead atoms. The number of carbonyl (C=O) groups is 9. The number of anilines is 4. The number of piperidine rings is 1. The summed E-state index contributed by atoms with van der Waals surface area (Å²) in [4.78, 5) is 105. The van der Waals surface area contributed by atoms with E-state index in [1.165, 1.54) is 44.2 Å². The lowest BCUT2D eigenvalue weighted by Gasteiger charge is -2.27. The maximum atomic E-state index is 12.1. The van der Waals surface area contributed by atoms with Gasteiger partial charge in [-0.1, -0.05) is 152 Å². The summed E-state index contributed by atoms with van der Waals surface area (Å²) in [5, 5.41) is 15.0. The van der Waals surface area contributed by atoms with E-state index >= 15 is 0 Å². The van der Waals surface area contributed by atoms with Gasteiger partial charge in [0.2, 0.25) is 23.6 Å². The lowest BCUT2D eigenvalue weighted by Crippen LogP contribution is -2.34. The number of rotatable bonds is 25. The van der Waals surface area contributed by atoms with Crippen molar-refractivity contribution in [3.05, 3.63) is 220 Å². The Morgan fingerprint density at radius 3 is 1.28 bits per heavy atom. The standard InChI is InChI=1S/C18H26N2O2.C18H19NO2.C12H15NO2.C12H16O2.C11H13NO.C10H13NO.C2H6N2/c1-15(21)9-10-16-7-3-4-8-17(16)19-18(22)11-14-20-12-5-2-6-13-20;1-14(20)11-12-16-9-5-6-10-17(16)19-18(21)13-15-7-3-2-4-8-15;1-9(14)7-8-11-5-3-4-6-12(11)13-10(2)15;1-3-14-12-7-5-4-6-11(12)9-8-10(2)13;1-9(13)12-7-6-10-4-2-3-5-11(10)8-12;1-8(12)6-7-9-4-2-3-5-10(9)11;1-2(3)4/h3-4,7-8H,2,5-6,9-14H2,1H3,(H,19,22);2-10H,11-13H2,1H3,(H,19,21);3-6H,7-8H2,1-2H3,(H,13,15);4-7H,3,8-9H2,1-2H3;2-5H,6-8H2,1H3;2-5H,6-7,11H2,1H3;1H3,(H3,3,4). The number of fused-ring (bicyclic) bond motifs is 1. The number of hydrogen-bond acceptors (Lipinski definition) is 13. The fourth-order valence-corrected chi connectivity index (χ4v) is 10.5. The number of likely N-dealkylation sites (tertiary alicyclic amines) is 1. The Bertz CT molecular complexity index is 3730. The summed E-state index contributed by atoms with van der Waals surface area (Å²) in [6, 6.07) is 56.4. The Hall–Kier alpha value is -10.2. The first-order valence-corrected chi connectivity index (χ1v) is 34.8. The molecule has 2 heterocycles. The molecule has 0 saturated carbocycles. The number of ketones is 5. The second-order valence-electron chi connectivity index (χ2n) is 25.0. The summed E-state index contributed by atoms with van der Waals surface area (Å²) in [7, 11) is 0. The topological polar surface area (TPSA) is 281 Å². The number of amidine groups is 1. The number of ether oxygens (including phenoxy) is 1. The number of aryl methyl sites for hydroxylation is 5. The summed E-state index contributed by atoms with van der Waals surface area (Å²) >= 11 is 0. The molecule has 2 aliphatic rings. The fourth-order valence-electron chi connectivity index (χ4n) is 10.5. The first-order valence-electron chi connectivity index (χ1n) is 34.8. The number of Topliss-reactive ketones (excluding diaryl/α,β-unsaturated/α-hetero) is 5. The van der Waals surface area contributed by atoms with Gasteiger partial charge in [0.1, 0.15) is 34.7 Å². The molecule has 18 heteroatoms. The first kappa shape index (κ1) is 85.0. The molecule has 540 valence electrons. The quantitative estimate of drug-likeness (QED) is 0.0177. The summed E-state index contributed by atoms with van der Waals surface area (Å²) in [6.07, 6.45) is 11.9. The van der Waals surface area contributed by atoms with Crippen molar-refractivity contribution in [2.45, 2.75) is 172 Å². The lowest BCUT2D eigenvalue weighted by molar-refractivity contribution is -0.130. The van der Waals surface area contributed by atoms with Gasteiger partial charge in [-0.05, 0) is 188 Å². The number of amides is 4. The first-order chi connectivity index (χ1) is 48.3. The number of benzene rings is 7. The van der Waals surface area contributed by atoms with E-state index in [-0.39, 0.29) is 58.4 Å². The van der Waals surface area contributed by atoms with Gasteiger partial charge in [-0.3, -0.25) is 24.6 Å². The van der Waals surface area contributed by atoms with Crippen LogP contribution in [0.4, 0.5) is 22.7 Å². The van der Waals surface area contributed by atoms with Gasteiger partial charge in [0.25, 0.3) is 0 Å². The number of carbonyl (C=O) groups excluding carboxylic acids is 9. The van der Waals surface area contributed by atoms with Crippen LogP contribution in [0.15, 0.2) is 176 Å². The molecule has 2 aliphatic heterocycles. The summed E-state index contributed by atoms with van der Waals surface area (Å²) in [5.74, 6) is 2.07. The normalized spacial score (nSPS) is 11.7.